The SMILES string of the molecule is Cc1cc(C)c(NC(=O)COC(=O)c2cc(-c3ccccc3)c(N3CCOCC3)s2)c(Cl)c1. The fourth-order valence-electron chi connectivity index (χ4n) is 3.76. The first-order valence-electron chi connectivity index (χ1n) is 10.7. The molecule has 0 bridgehead atoms. The zero-order chi connectivity index (χ0) is 23.4. The molecule has 0 radical (unpaired) electrons. The molecule has 3 aromatic rings. The Morgan fingerprint density at radius 3 is 2.55 bits per heavy atom. The summed E-state index contributed by atoms with van der Waals surface area (Å²) in [6.45, 7) is 6.21. The fraction of sp³-hybridized carbons (Fsp3) is 0.280. The highest BCUT2D eigenvalue weighted by atomic mass is 35.5. The molecule has 172 valence electrons. The summed E-state index contributed by atoms with van der Waals surface area (Å²) in [4.78, 5) is 27.9. The van der Waals surface area contributed by atoms with Crippen LogP contribution in [0.1, 0.15) is 20.8 Å². The second kappa shape index (κ2) is 10.4. The van der Waals surface area contributed by atoms with E-state index in [-0.39, 0.29) is 0 Å². The van der Waals surface area contributed by atoms with Crippen LogP contribution in [0.4, 0.5) is 10.7 Å². The van der Waals surface area contributed by atoms with Crippen LogP contribution in [0.3, 0.4) is 0 Å². The molecule has 2 aromatic carbocycles. The van der Waals surface area contributed by atoms with Crippen LogP contribution in [0.5, 0.6) is 0 Å². The first-order valence-corrected chi connectivity index (χ1v) is 11.9. The molecule has 1 amide bonds. The topological polar surface area (TPSA) is 67.9 Å². The first kappa shape index (κ1) is 23.3. The number of esters is 1. The van der Waals surface area contributed by atoms with Crippen LogP contribution in [-0.2, 0) is 14.3 Å². The Balaban J connectivity index is 1.48. The van der Waals surface area contributed by atoms with Gasteiger partial charge in [-0.15, -0.1) is 11.3 Å². The summed E-state index contributed by atoms with van der Waals surface area (Å²) in [6.07, 6.45) is 0. The van der Waals surface area contributed by atoms with Crippen LogP contribution in [0.15, 0.2) is 48.5 Å². The molecule has 2 heterocycles. The van der Waals surface area contributed by atoms with Crippen molar-refractivity contribution in [2.75, 3.05) is 43.1 Å². The van der Waals surface area contributed by atoms with E-state index in [2.05, 4.69) is 10.2 Å². The quantitative estimate of drug-likeness (QED) is 0.480. The maximum Gasteiger partial charge on any atom is 0.348 e. The average Bonchev–Trinajstić information content (AvgIpc) is 3.27. The highest BCUT2D eigenvalue weighted by Gasteiger charge is 2.23. The molecule has 1 aliphatic rings. The number of nitrogens with one attached hydrogen (secondary N) is 1. The molecule has 0 saturated carbocycles. The largest absolute Gasteiger partial charge is 0.451 e. The lowest BCUT2D eigenvalue weighted by molar-refractivity contribution is -0.119. The van der Waals surface area contributed by atoms with E-state index < -0.39 is 18.5 Å². The van der Waals surface area contributed by atoms with Crippen LogP contribution in [0, 0.1) is 13.8 Å². The smallest absolute Gasteiger partial charge is 0.348 e. The Hall–Kier alpha value is -2.87. The van der Waals surface area contributed by atoms with Gasteiger partial charge in [-0.05, 0) is 42.7 Å². The van der Waals surface area contributed by atoms with E-state index in [0.717, 1.165) is 40.3 Å². The predicted octanol–water partition coefficient (Wildman–Crippen LogP) is 5.32. The van der Waals surface area contributed by atoms with Crippen molar-refractivity contribution in [1.82, 2.24) is 0 Å². The average molecular weight is 485 g/mol. The van der Waals surface area contributed by atoms with Crippen LogP contribution in [0.25, 0.3) is 11.1 Å². The number of thiophene rings is 1. The minimum atomic E-state index is -0.529. The van der Waals surface area contributed by atoms with Gasteiger partial charge in [-0.25, -0.2) is 4.79 Å². The number of rotatable bonds is 6. The van der Waals surface area contributed by atoms with E-state index in [1.807, 2.05) is 56.3 Å². The van der Waals surface area contributed by atoms with Crippen molar-refractivity contribution >= 4 is 45.5 Å². The van der Waals surface area contributed by atoms with Gasteiger partial charge in [0.2, 0.25) is 0 Å². The summed E-state index contributed by atoms with van der Waals surface area (Å²) in [5.41, 5.74) is 4.38. The van der Waals surface area contributed by atoms with E-state index in [1.165, 1.54) is 11.3 Å². The van der Waals surface area contributed by atoms with Gasteiger partial charge in [0, 0.05) is 18.7 Å². The summed E-state index contributed by atoms with van der Waals surface area (Å²) >= 11 is 7.63. The van der Waals surface area contributed by atoms with Crippen molar-refractivity contribution < 1.29 is 19.1 Å². The van der Waals surface area contributed by atoms with Gasteiger partial charge < -0.3 is 19.7 Å². The second-order valence-corrected chi connectivity index (χ2v) is 9.30. The Morgan fingerprint density at radius 2 is 1.85 bits per heavy atom. The van der Waals surface area contributed by atoms with Crippen molar-refractivity contribution in [3.63, 3.8) is 0 Å². The van der Waals surface area contributed by atoms with Crippen LogP contribution < -0.4 is 10.2 Å². The van der Waals surface area contributed by atoms with Crippen LogP contribution >= 0.6 is 22.9 Å². The van der Waals surface area contributed by atoms with E-state index >= 15 is 0 Å². The highest BCUT2D eigenvalue weighted by molar-refractivity contribution is 7.18. The van der Waals surface area contributed by atoms with Gasteiger partial charge in [-0.2, -0.15) is 0 Å². The molecular weight excluding hydrogens is 460 g/mol. The van der Waals surface area contributed by atoms with E-state index in [4.69, 9.17) is 21.1 Å². The van der Waals surface area contributed by atoms with Gasteiger partial charge in [0.05, 0.1) is 28.9 Å². The number of nitrogens with zero attached hydrogens (tertiary/aromatic N) is 1. The van der Waals surface area contributed by atoms with Crippen LogP contribution in [0.2, 0.25) is 5.02 Å². The molecule has 1 fully saturated rings. The van der Waals surface area contributed by atoms with Gasteiger partial charge in [-0.3, -0.25) is 4.79 Å². The second-order valence-electron chi connectivity index (χ2n) is 7.86. The van der Waals surface area contributed by atoms with Gasteiger partial charge >= 0.3 is 5.97 Å². The molecule has 1 aliphatic heterocycles. The number of halogens is 1. The fourth-order valence-corrected chi connectivity index (χ4v) is 5.25. The molecule has 1 N–H and O–H groups in total. The third-order valence-electron chi connectivity index (χ3n) is 5.33. The zero-order valence-corrected chi connectivity index (χ0v) is 20.1. The summed E-state index contributed by atoms with van der Waals surface area (Å²) in [6, 6.07) is 15.5. The van der Waals surface area contributed by atoms with E-state index in [0.29, 0.717) is 28.8 Å². The summed E-state index contributed by atoms with van der Waals surface area (Å²) in [5.74, 6) is -0.969. The molecular formula is C25H25ClN2O4S. The van der Waals surface area contributed by atoms with Gasteiger partial charge in [0.25, 0.3) is 5.91 Å². The van der Waals surface area contributed by atoms with Crippen molar-refractivity contribution in [2.24, 2.45) is 0 Å². The lowest BCUT2D eigenvalue weighted by Crippen LogP contribution is -2.35. The first-order chi connectivity index (χ1) is 15.9. The number of anilines is 2. The lowest BCUT2D eigenvalue weighted by Gasteiger charge is -2.28. The normalized spacial score (nSPS) is 13.6. The number of carbonyl (C=O) groups excluding carboxylic acids is 2. The molecule has 1 aromatic heterocycles. The highest BCUT2D eigenvalue weighted by Crippen LogP contribution is 2.39. The Bertz CT molecular complexity index is 1130. The third-order valence-corrected chi connectivity index (χ3v) is 6.80. The number of aryl methyl sites for hydroxylation is 2. The predicted molar refractivity (Wildman–Crippen MR) is 133 cm³/mol. The molecule has 4 rings (SSSR count). The minimum Gasteiger partial charge on any atom is -0.451 e. The van der Waals surface area contributed by atoms with Crippen LogP contribution in [-0.4, -0.2) is 44.8 Å². The van der Waals surface area contributed by atoms with Crippen molar-refractivity contribution in [2.45, 2.75) is 13.8 Å². The zero-order valence-electron chi connectivity index (χ0n) is 18.5. The number of carbonyl (C=O) groups is 2. The van der Waals surface area contributed by atoms with Gasteiger partial charge in [0.1, 0.15) is 4.88 Å². The minimum absolute atomic E-state index is 0.395. The molecule has 6 nitrogen and oxygen atoms in total. The Kier molecular flexibility index (Phi) is 7.33. The molecule has 8 heteroatoms. The summed E-state index contributed by atoms with van der Waals surface area (Å²) in [7, 11) is 0. The molecule has 0 spiro atoms. The molecule has 0 atom stereocenters. The maximum absolute atomic E-state index is 12.8. The Morgan fingerprint density at radius 1 is 1.12 bits per heavy atom. The van der Waals surface area contributed by atoms with Crippen molar-refractivity contribution in [1.29, 1.82) is 0 Å². The number of benzene rings is 2. The molecule has 33 heavy (non-hydrogen) atoms. The number of amides is 1. The lowest BCUT2D eigenvalue weighted by atomic mass is 10.1. The third kappa shape index (κ3) is 5.55. The Labute approximate surface area is 202 Å². The van der Waals surface area contributed by atoms with Crippen molar-refractivity contribution in [3.05, 3.63) is 69.6 Å². The monoisotopic (exact) mass is 484 g/mol. The maximum atomic E-state index is 12.8. The van der Waals surface area contributed by atoms with Crippen molar-refractivity contribution in [3.8, 4) is 11.1 Å². The molecule has 1 saturated heterocycles. The number of ether oxygens (including phenoxy) is 2. The summed E-state index contributed by atoms with van der Waals surface area (Å²) < 4.78 is 10.8. The number of morpholine rings is 1. The molecule has 0 aliphatic carbocycles. The van der Waals surface area contributed by atoms with E-state index in [1.54, 1.807) is 6.07 Å². The molecule has 0 unspecified atom stereocenters. The van der Waals surface area contributed by atoms with E-state index in [9.17, 15) is 9.59 Å². The number of hydrogen-bond donors (Lipinski definition) is 1. The summed E-state index contributed by atoms with van der Waals surface area (Å²) in [5, 5.41) is 4.19. The standard InChI is InChI=1S/C25H25ClN2O4S/c1-16-12-17(2)23(20(26)13-16)27-22(29)15-32-25(30)21-14-19(18-6-4-3-5-7-18)24(33-21)28-8-10-31-11-9-28/h3-7,12-14H,8-11,15H2,1-2H3,(H,27,29). The number of hydrogen-bond acceptors (Lipinski definition) is 6. The van der Waals surface area contributed by atoms with Gasteiger partial charge in [0.15, 0.2) is 6.61 Å². The van der Waals surface area contributed by atoms with Gasteiger partial charge in [-0.1, -0.05) is 48.0 Å².